The van der Waals surface area contributed by atoms with Crippen LogP contribution < -0.4 is 0 Å². The maximum absolute atomic E-state index is 12.5. The van der Waals surface area contributed by atoms with Crippen LogP contribution in [0.25, 0.3) is 0 Å². The molecule has 0 bridgehead atoms. The van der Waals surface area contributed by atoms with Crippen molar-refractivity contribution in [2.75, 3.05) is 65.6 Å². The van der Waals surface area contributed by atoms with Crippen molar-refractivity contribution in [1.82, 2.24) is 14.1 Å². The van der Waals surface area contributed by atoms with Crippen molar-refractivity contribution in [3.63, 3.8) is 0 Å². The first-order valence-electron chi connectivity index (χ1n) is 7.84. The standard InChI is InChI=1S/C14H22ClN3O3S2/c15-13-1-2-14(22-13)23(19,20)18-7-5-16(6-8-18)3-4-17-9-11-21-12-10-17/h1-2H,3-12H2. The molecule has 0 unspecified atom stereocenters. The molecule has 1 aromatic heterocycles. The summed E-state index contributed by atoms with van der Waals surface area (Å²) < 4.78 is 32.9. The third-order valence-corrected chi connectivity index (χ3v) is 7.91. The molecule has 2 fully saturated rings. The Morgan fingerprint density at radius 3 is 2.17 bits per heavy atom. The van der Waals surface area contributed by atoms with E-state index in [1.54, 1.807) is 16.4 Å². The van der Waals surface area contributed by atoms with E-state index in [0.717, 1.165) is 63.8 Å². The average molecular weight is 380 g/mol. The Morgan fingerprint density at radius 1 is 1.00 bits per heavy atom. The van der Waals surface area contributed by atoms with Crippen LogP contribution in [-0.4, -0.2) is 88.1 Å². The molecule has 0 atom stereocenters. The van der Waals surface area contributed by atoms with E-state index in [4.69, 9.17) is 16.3 Å². The Labute approximate surface area is 146 Å². The van der Waals surface area contributed by atoms with Crippen molar-refractivity contribution < 1.29 is 13.2 Å². The Kier molecular flexibility index (Phi) is 5.95. The van der Waals surface area contributed by atoms with Crippen LogP contribution in [0, 0.1) is 0 Å². The highest BCUT2D eigenvalue weighted by molar-refractivity contribution is 7.91. The number of morpholine rings is 1. The summed E-state index contributed by atoms with van der Waals surface area (Å²) in [5.41, 5.74) is 0. The molecule has 2 saturated heterocycles. The van der Waals surface area contributed by atoms with E-state index in [1.165, 1.54) is 0 Å². The van der Waals surface area contributed by atoms with Crippen molar-refractivity contribution in [1.29, 1.82) is 0 Å². The molecule has 3 rings (SSSR count). The molecule has 0 aromatic carbocycles. The van der Waals surface area contributed by atoms with Crippen molar-refractivity contribution in [3.8, 4) is 0 Å². The van der Waals surface area contributed by atoms with Crippen LogP contribution in [0.3, 0.4) is 0 Å². The zero-order chi connectivity index (χ0) is 16.3. The minimum Gasteiger partial charge on any atom is -0.379 e. The fourth-order valence-electron chi connectivity index (χ4n) is 2.86. The predicted molar refractivity (Wildman–Crippen MR) is 91.8 cm³/mol. The monoisotopic (exact) mass is 379 g/mol. The highest BCUT2D eigenvalue weighted by atomic mass is 35.5. The summed E-state index contributed by atoms with van der Waals surface area (Å²) in [4.78, 5) is 4.74. The predicted octanol–water partition coefficient (Wildman–Crippen LogP) is 1.04. The van der Waals surface area contributed by atoms with Gasteiger partial charge in [0.15, 0.2) is 0 Å². The lowest BCUT2D eigenvalue weighted by Crippen LogP contribution is -2.50. The van der Waals surface area contributed by atoms with E-state index in [2.05, 4.69) is 9.80 Å². The van der Waals surface area contributed by atoms with Gasteiger partial charge in [-0.3, -0.25) is 9.80 Å². The molecule has 0 radical (unpaired) electrons. The second-order valence-electron chi connectivity index (χ2n) is 5.76. The molecule has 0 saturated carbocycles. The molecule has 1 aromatic rings. The molecular weight excluding hydrogens is 358 g/mol. The van der Waals surface area contributed by atoms with Gasteiger partial charge in [-0.15, -0.1) is 11.3 Å². The summed E-state index contributed by atoms with van der Waals surface area (Å²) in [5, 5.41) is 0. The van der Waals surface area contributed by atoms with Crippen molar-refractivity contribution >= 4 is 33.0 Å². The number of hydrogen-bond acceptors (Lipinski definition) is 6. The normalized spacial score (nSPS) is 22.5. The summed E-state index contributed by atoms with van der Waals surface area (Å²) in [5.74, 6) is 0. The van der Waals surface area contributed by atoms with Crippen molar-refractivity contribution in [2.45, 2.75) is 4.21 Å². The van der Waals surface area contributed by atoms with Gasteiger partial charge in [0.05, 0.1) is 17.6 Å². The number of ether oxygens (including phenoxy) is 1. The van der Waals surface area contributed by atoms with Gasteiger partial charge in [-0.2, -0.15) is 4.31 Å². The van der Waals surface area contributed by atoms with Gasteiger partial charge in [-0.05, 0) is 12.1 Å². The minimum absolute atomic E-state index is 0.337. The summed E-state index contributed by atoms with van der Waals surface area (Å²) in [6.07, 6.45) is 0. The maximum atomic E-state index is 12.5. The van der Waals surface area contributed by atoms with Crippen LogP contribution in [-0.2, 0) is 14.8 Å². The molecule has 0 N–H and O–H groups in total. The van der Waals surface area contributed by atoms with Gasteiger partial charge in [-0.1, -0.05) is 11.6 Å². The van der Waals surface area contributed by atoms with Gasteiger partial charge in [0, 0.05) is 52.4 Å². The lowest BCUT2D eigenvalue weighted by molar-refractivity contribution is 0.0317. The zero-order valence-electron chi connectivity index (χ0n) is 13.0. The van der Waals surface area contributed by atoms with Crippen LogP contribution in [0.2, 0.25) is 4.34 Å². The van der Waals surface area contributed by atoms with Gasteiger partial charge in [0.1, 0.15) is 4.21 Å². The first-order valence-corrected chi connectivity index (χ1v) is 10.5. The largest absolute Gasteiger partial charge is 0.379 e. The molecule has 6 nitrogen and oxygen atoms in total. The fourth-order valence-corrected chi connectivity index (χ4v) is 5.92. The van der Waals surface area contributed by atoms with Crippen molar-refractivity contribution in [2.24, 2.45) is 0 Å². The quantitative estimate of drug-likeness (QED) is 0.765. The summed E-state index contributed by atoms with van der Waals surface area (Å²) in [7, 11) is -3.39. The Balaban J connectivity index is 1.48. The summed E-state index contributed by atoms with van der Waals surface area (Å²) in [6.45, 7) is 8.27. The number of nitrogens with zero attached hydrogens (tertiary/aromatic N) is 3. The highest BCUT2D eigenvalue weighted by Gasteiger charge is 2.29. The molecular formula is C14H22ClN3O3S2. The average Bonchev–Trinajstić information content (AvgIpc) is 3.02. The van der Waals surface area contributed by atoms with Crippen LogP contribution >= 0.6 is 22.9 Å². The van der Waals surface area contributed by atoms with Crippen LogP contribution in [0.1, 0.15) is 0 Å². The fraction of sp³-hybridized carbons (Fsp3) is 0.714. The SMILES string of the molecule is O=S(=O)(c1ccc(Cl)s1)N1CCN(CCN2CCOCC2)CC1. The maximum Gasteiger partial charge on any atom is 0.252 e. The molecule has 2 aliphatic rings. The number of halogens is 1. The van der Waals surface area contributed by atoms with Gasteiger partial charge in [-0.25, -0.2) is 8.42 Å². The van der Waals surface area contributed by atoms with Gasteiger partial charge in [0.25, 0.3) is 10.0 Å². The lowest BCUT2D eigenvalue weighted by Gasteiger charge is -2.35. The van der Waals surface area contributed by atoms with E-state index in [9.17, 15) is 8.42 Å². The van der Waals surface area contributed by atoms with Crippen molar-refractivity contribution in [3.05, 3.63) is 16.5 Å². The van der Waals surface area contributed by atoms with E-state index in [-0.39, 0.29) is 0 Å². The zero-order valence-corrected chi connectivity index (χ0v) is 15.4. The first kappa shape index (κ1) is 17.6. The highest BCUT2D eigenvalue weighted by Crippen LogP contribution is 2.28. The molecule has 2 aliphatic heterocycles. The van der Waals surface area contributed by atoms with Gasteiger partial charge >= 0.3 is 0 Å². The van der Waals surface area contributed by atoms with Gasteiger partial charge in [0.2, 0.25) is 0 Å². The summed E-state index contributed by atoms with van der Waals surface area (Å²) >= 11 is 6.98. The number of piperazine rings is 1. The van der Waals surface area contributed by atoms with E-state index in [0.29, 0.717) is 21.6 Å². The molecule has 23 heavy (non-hydrogen) atoms. The van der Waals surface area contributed by atoms with Crippen LogP contribution in [0.15, 0.2) is 16.3 Å². The molecule has 9 heteroatoms. The third kappa shape index (κ3) is 4.45. The second-order valence-corrected chi connectivity index (χ2v) is 9.64. The molecule has 130 valence electrons. The molecule has 0 spiro atoms. The number of thiophene rings is 1. The molecule has 0 aliphatic carbocycles. The smallest absolute Gasteiger partial charge is 0.252 e. The van der Waals surface area contributed by atoms with E-state index in [1.807, 2.05) is 0 Å². The van der Waals surface area contributed by atoms with E-state index >= 15 is 0 Å². The Bertz CT molecular complexity index is 609. The van der Waals surface area contributed by atoms with Gasteiger partial charge < -0.3 is 4.74 Å². The van der Waals surface area contributed by atoms with Crippen LogP contribution in [0.4, 0.5) is 0 Å². The number of hydrogen-bond donors (Lipinski definition) is 0. The molecule has 0 amide bonds. The van der Waals surface area contributed by atoms with E-state index < -0.39 is 10.0 Å². The first-order chi connectivity index (χ1) is 11.1. The number of rotatable bonds is 5. The lowest BCUT2D eigenvalue weighted by atomic mass is 10.3. The van der Waals surface area contributed by atoms with Crippen LogP contribution in [0.5, 0.6) is 0 Å². The summed E-state index contributed by atoms with van der Waals surface area (Å²) in [6, 6.07) is 3.23. The minimum atomic E-state index is -3.39. The Morgan fingerprint density at radius 2 is 1.61 bits per heavy atom. The topological polar surface area (TPSA) is 53.1 Å². The number of sulfonamides is 1. The third-order valence-electron chi connectivity index (χ3n) is 4.31. The Hall–Kier alpha value is -0.220. The second kappa shape index (κ2) is 7.77. The molecule has 3 heterocycles.